The zero-order valence-electron chi connectivity index (χ0n) is 33.5. The minimum atomic E-state index is -0.989. The van der Waals surface area contributed by atoms with Gasteiger partial charge in [0.05, 0.1) is 23.3 Å². The lowest BCUT2D eigenvalue weighted by Crippen LogP contribution is -2.54. The second-order valence-corrected chi connectivity index (χ2v) is 17.7. The van der Waals surface area contributed by atoms with Gasteiger partial charge in [0.2, 0.25) is 17.5 Å². The number of hydrogen-bond donors (Lipinski definition) is 1. The molecule has 1 atom stereocenters. The van der Waals surface area contributed by atoms with Crippen LogP contribution in [0.2, 0.25) is 5.02 Å². The molecule has 0 saturated carbocycles. The van der Waals surface area contributed by atoms with Crippen LogP contribution in [0, 0.1) is 23.7 Å². The molecule has 5 amide bonds. The quantitative estimate of drug-likeness (QED) is 0.240. The molecule has 3 aromatic carbocycles. The molecule has 5 saturated heterocycles. The van der Waals surface area contributed by atoms with E-state index in [4.69, 9.17) is 18.2 Å². The molecular formula is C45H48ClFN8O5. The Hall–Kier alpha value is -5.52. The molecule has 0 aliphatic carbocycles. The number of halogens is 2. The van der Waals surface area contributed by atoms with Gasteiger partial charge < -0.3 is 19.6 Å². The SMILES string of the molecule is [C-]#[N+]c1ccc(N2CCC3(CCN(c4ccc(C(=O)N5CCN(CC6CCN(c7ccc8c(c7)C(=O)N(C7CCC(=O)NC7=O)C8=O)CC6)CC5)c(F)c4)CC3)C2)cc1Cl. The van der Waals surface area contributed by atoms with Crippen LogP contribution in [0.1, 0.15) is 76.0 Å². The number of nitrogens with one attached hydrogen (secondary N) is 1. The Kier molecular flexibility index (Phi) is 10.7. The predicted octanol–water partition coefficient (Wildman–Crippen LogP) is 5.60. The molecule has 6 aliphatic heterocycles. The molecule has 5 fully saturated rings. The highest BCUT2D eigenvalue weighted by molar-refractivity contribution is 6.33. The number of imide groups is 2. The average molecular weight is 835 g/mol. The highest BCUT2D eigenvalue weighted by Gasteiger charge is 2.45. The third-order valence-electron chi connectivity index (χ3n) is 13.8. The minimum absolute atomic E-state index is 0.0791. The number of piperidine rings is 3. The molecule has 0 bridgehead atoms. The maximum atomic E-state index is 15.6. The van der Waals surface area contributed by atoms with Gasteiger partial charge in [-0.3, -0.25) is 39.1 Å². The van der Waals surface area contributed by atoms with E-state index in [0.29, 0.717) is 29.7 Å². The molecule has 15 heteroatoms. The van der Waals surface area contributed by atoms with Crippen LogP contribution >= 0.6 is 11.6 Å². The van der Waals surface area contributed by atoms with Gasteiger partial charge in [-0.25, -0.2) is 9.24 Å². The summed E-state index contributed by atoms with van der Waals surface area (Å²) in [5, 5.41) is 2.72. The van der Waals surface area contributed by atoms with Crippen molar-refractivity contribution >= 4 is 63.9 Å². The second-order valence-electron chi connectivity index (χ2n) is 17.3. The van der Waals surface area contributed by atoms with Gasteiger partial charge in [-0.05, 0) is 98.4 Å². The first-order chi connectivity index (χ1) is 29.0. The number of nitrogens with zero attached hydrogens (tertiary/aromatic N) is 7. The highest BCUT2D eigenvalue weighted by Crippen LogP contribution is 2.44. The van der Waals surface area contributed by atoms with Gasteiger partial charge in [-0.1, -0.05) is 17.7 Å². The molecule has 1 spiro atoms. The first kappa shape index (κ1) is 39.9. The molecule has 1 unspecified atom stereocenters. The molecule has 312 valence electrons. The van der Waals surface area contributed by atoms with E-state index in [2.05, 4.69) is 29.8 Å². The van der Waals surface area contributed by atoms with E-state index in [0.717, 1.165) is 113 Å². The number of carbonyl (C=O) groups excluding carboxylic acids is 5. The predicted molar refractivity (Wildman–Crippen MR) is 225 cm³/mol. The Balaban J connectivity index is 0.725. The number of fused-ring (bicyclic) bond motifs is 1. The molecule has 6 aliphatic rings. The zero-order valence-corrected chi connectivity index (χ0v) is 34.3. The van der Waals surface area contributed by atoms with Crippen LogP contribution in [-0.2, 0) is 9.59 Å². The van der Waals surface area contributed by atoms with Crippen LogP contribution in [0.25, 0.3) is 4.85 Å². The number of amides is 5. The first-order valence-corrected chi connectivity index (χ1v) is 21.5. The van der Waals surface area contributed by atoms with Crippen molar-refractivity contribution in [1.29, 1.82) is 0 Å². The van der Waals surface area contributed by atoms with Gasteiger partial charge in [-0.2, -0.15) is 0 Å². The molecule has 9 rings (SSSR count). The maximum absolute atomic E-state index is 15.6. The number of anilines is 3. The molecule has 60 heavy (non-hydrogen) atoms. The Morgan fingerprint density at radius 3 is 2.08 bits per heavy atom. The van der Waals surface area contributed by atoms with Gasteiger partial charge in [0.1, 0.15) is 11.9 Å². The van der Waals surface area contributed by atoms with Gasteiger partial charge in [0.15, 0.2) is 0 Å². The summed E-state index contributed by atoms with van der Waals surface area (Å²) < 4.78 is 15.6. The number of piperazine rings is 1. The first-order valence-electron chi connectivity index (χ1n) is 21.1. The maximum Gasteiger partial charge on any atom is 0.262 e. The van der Waals surface area contributed by atoms with Gasteiger partial charge in [-0.15, -0.1) is 0 Å². The minimum Gasteiger partial charge on any atom is -0.371 e. The summed E-state index contributed by atoms with van der Waals surface area (Å²) >= 11 is 6.32. The van der Waals surface area contributed by atoms with Crippen molar-refractivity contribution < 1.29 is 28.4 Å². The fourth-order valence-electron chi connectivity index (χ4n) is 10.2. The van der Waals surface area contributed by atoms with Gasteiger partial charge >= 0.3 is 0 Å². The molecule has 6 heterocycles. The lowest BCUT2D eigenvalue weighted by atomic mass is 9.77. The lowest BCUT2D eigenvalue weighted by molar-refractivity contribution is -0.136. The largest absolute Gasteiger partial charge is 0.371 e. The molecule has 3 aromatic rings. The monoisotopic (exact) mass is 834 g/mol. The van der Waals surface area contributed by atoms with Crippen LogP contribution in [-0.4, -0.2) is 122 Å². The third-order valence-corrected chi connectivity index (χ3v) is 14.1. The summed E-state index contributed by atoms with van der Waals surface area (Å²) in [5.74, 6) is -2.32. The fourth-order valence-corrected chi connectivity index (χ4v) is 10.4. The van der Waals surface area contributed by atoms with Crippen molar-refractivity contribution in [2.24, 2.45) is 11.3 Å². The van der Waals surface area contributed by atoms with E-state index in [-0.39, 0.29) is 40.9 Å². The third kappa shape index (κ3) is 7.58. The fraction of sp³-hybridized carbons (Fsp3) is 0.467. The van der Waals surface area contributed by atoms with E-state index in [1.165, 1.54) is 6.07 Å². The van der Waals surface area contributed by atoms with Gasteiger partial charge in [0.25, 0.3) is 17.7 Å². The summed E-state index contributed by atoms with van der Waals surface area (Å²) in [6.45, 7) is 15.8. The number of hydrogen-bond acceptors (Lipinski definition) is 9. The Labute approximate surface area is 353 Å². The number of carbonyl (C=O) groups is 5. The smallest absolute Gasteiger partial charge is 0.262 e. The summed E-state index contributed by atoms with van der Waals surface area (Å²) in [4.78, 5) is 79.5. The van der Waals surface area contributed by atoms with Crippen LogP contribution in [0.5, 0.6) is 0 Å². The Bertz CT molecular complexity index is 2290. The lowest BCUT2D eigenvalue weighted by Gasteiger charge is -2.40. The molecule has 1 N–H and O–H groups in total. The summed E-state index contributed by atoms with van der Waals surface area (Å²) in [7, 11) is 0. The van der Waals surface area contributed by atoms with Crippen molar-refractivity contribution in [3.05, 3.63) is 93.5 Å². The number of benzene rings is 3. The molecule has 0 radical (unpaired) electrons. The second kappa shape index (κ2) is 16.2. The molecule has 13 nitrogen and oxygen atoms in total. The summed E-state index contributed by atoms with van der Waals surface area (Å²) in [6, 6.07) is 15.0. The van der Waals surface area contributed by atoms with Crippen LogP contribution in [0.4, 0.5) is 27.1 Å². The van der Waals surface area contributed by atoms with Crippen LogP contribution < -0.4 is 20.0 Å². The van der Waals surface area contributed by atoms with Crippen molar-refractivity contribution in [2.75, 3.05) is 86.7 Å². The standard InChI is InChI=1S/C45H48ClFN8O5/c1-48-38-7-4-31(25-36(38)46)54-19-14-45(28-54)12-17-52(18-13-45)32-3-6-34(37(47)26-32)42(58)53-22-20-50(21-23-53)27-29-10-15-51(16-11-29)30-2-5-33-35(24-30)44(60)55(43(33)59)39-8-9-40(56)49-41(39)57/h2-7,24-26,29,39H,8-23,27-28H2,(H,49,56,57). The number of rotatable bonds is 7. The molecule has 0 aromatic heterocycles. The highest BCUT2D eigenvalue weighted by atomic mass is 35.5. The zero-order chi connectivity index (χ0) is 41.7. The Morgan fingerprint density at radius 2 is 1.40 bits per heavy atom. The van der Waals surface area contributed by atoms with Crippen molar-refractivity contribution in [3.8, 4) is 0 Å². The topological polar surface area (TPSA) is 121 Å². The van der Waals surface area contributed by atoms with E-state index < -0.39 is 35.5 Å². The average Bonchev–Trinajstić information content (AvgIpc) is 3.78. The van der Waals surface area contributed by atoms with E-state index >= 15 is 4.39 Å². The van der Waals surface area contributed by atoms with E-state index in [9.17, 15) is 24.0 Å². The van der Waals surface area contributed by atoms with E-state index in [1.807, 2.05) is 24.3 Å². The summed E-state index contributed by atoms with van der Waals surface area (Å²) in [5.41, 5.74) is 4.05. The van der Waals surface area contributed by atoms with Crippen molar-refractivity contribution in [2.45, 2.75) is 51.0 Å². The van der Waals surface area contributed by atoms with Gasteiger partial charge in [0, 0.05) is 100 Å². The van der Waals surface area contributed by atoms with E-state index in [1.54, 1.807) is 29.2 Å². The summed E-state index contributed by atoms with van der Waals surface area (Å²) in [6.07, 6.45) is 5.18. The normalized spacial score (nSPS) is 22.4. The van der Waals surface area contributed by atoms with Crippen molar-refractivity contribution in [1.82, 2.24) is 20.0 Å². The van der Waals surface area contributed by atoms with Crippen LogP contribution in [0.15, 0.2) is 54.6 Å². The van der Waals surface area contributed by atoms with Crippen LogP contribution in [0.3, 0.4) is 0 Å². The van der Waals surface area contributed by atoms with Crippen molar-refractivity contribution in [3.63, 3.8) is 0 Å². The molecular weight excluding hydrogens is 787 g/mol. The Morgan fingerprint density at radius 1 is 0.767 bits per heavy atom.